The van der Waals surface area contributed by atoms with Gasteiger partial charge in [-0.2, -0.15) is 0 Å². The van der Waals surface area contributed by atoms with Crippen LogP contribution in [0, 0.1) is 0 Å². The van der Waals surface area contributed by atoms with Crippen LogP contribution in [0.4, 0.5) is 5.69 Å². The summed E-state index contributed by atoms with van der Waals surface area (Å²) in [4.78, 5) is 8.65. The average Bonchev–Trinajstić information content (AvgIpc) is 2.75. The summed E-state index contributed by atoms with van der Waals surface area (Å²) < 4.78 is 5.58. The van der Waals surface area contributed by atoms with Crippen molar-refractivity contribution >= 4 is 28.4 Å². The SMILES string of the molecule is CC1OCCC1Sc1ncnc2cc(N)ccc12. The quantitative estimate of drug-likeness (QED) is 0.664. The number of anilines is 1. The van der Waals surface area contributed by atoms with Gasteiger partial charge in [-0.3, -0.25) is 0 Å². The highest BCUT2D eigenvalue weighted by atomic mass is 32.2. The van der Waals surface area contributed by atoms with E-state index in [0.717, 1.165) is 34.6 Å². The lowest BCUT2D eigenvalue weighted by Gasteiger charge is -2.13. The number of nitrogen functional groups attached to an aromatic ring is 1. The minimum absolute atomic E-state index is 0.286. The third kappa shape index (κ3) is 2.15. The van der Waals surface area contributed by atoms with Crippen LogP contribution in [0.1, 0.15) is 13.3 Å². The van der Waals surface area contributed by atoms with E-state index < -0.39 is 0 Å². The van der Waals surface area contributed by atoms with Crippen LogP contribution in [0.5, 0.6) is 0 Å². The summed E-state index contributed by atoms with van der Waals surface area (Å²) in [6.07, 6.45) is 2.96. The molecule has 2 N–H and O–H groups in total. The molecule has 1 aliphatic rings. The molecular formula is C13H15N3OS. The van der Waals surface area contributed by atoms with Gasteiger partial charge < -0.3 is 10.5 Å². The molecule has 0 saturated carbocycles. The molecule has 0 aliphatic carbocycles. The molecule has 0 amide bonds. The lowest BCUT2D eigenvalue weighted by atomic mass is 10.2. The molecule has 18 heavy (non-hydrogen) atoms. The van der Waals surface area contributed by atoms with Gasteiger partial charge in [0.2, 0.25) is 0 Å². The highest BCUT2D eigenvalue weighted by molar-refractivity contribution is 8.00. The van der Waals surface area contributed by atoms with Crippen LogP contribution in [-0.2, 0) is 4.74 Å². The standard InChI is InChI=1S/C13H15N3OS/c1-8-12(4-5-17-8)18-13-10-3-2-9(14)6-11(10)15-7-16-13/h2-3,6-8,12H,4-5,14H2,1H3. The van der Waals surface area contributed by atoms with Crippen LogP contribution in [0.3, 0.4) is 0 Å². The fraction of sp³-hybridized carbons (Fsp3) is 0.385. The molecule has 94 valence electrons. The van der Waals surface area contributed by atoms with E-state index in [9.17, 15) is 0 Å². The maximum Gasteiger partial charge on any atom is 0.117 e. The average molecular weight is 261 g/mol. The van der Waals surface area contributed by atoms with Gasteiger partial charge in [0.05, 0.1) is 11.6 Å². The molecule has 0 radical (unpaired) electrons. The van der Waals surface area contributed by atoms with Gasteiger partial charge in [-0.15, -0.1) is 0 Å². The van der Waals surface area contributed by atoms with Gasteiger partial charge in [-0.1, -0.05) is 11.8 Å². The molecule has 0 bridgehead atoms. The number of aromatic nitrogens is 2. The number of hydrogen-bond acceptors (Lipinski definition) is 5. The molecule has 5 heteroatoms. The van der Waals surface area contributed by atoms with Gasteiger partial charge in [0.15, 0.2) is 0 Å². The first-order valence-corrected chi connectivity index (χ1v) is 6.90. The molecule has 0 spiro atoms. The van der Waals surface area contributed by atoms with Gasteiger partial charge in [-0.25, -0.2) is 9.97 Å². The summed E-state index contributed by atoms with van der Waals surface area (Å²) in [6.45, 7) is 2.96. The normalized spacial score (nSPS) is 23.6. The maximum atomic E-state index is 5.77. The number of hydrogen-bond donors (Lipinski definition) is 1. The molecule has 3 rings (SSSR count). The van der Waals surface area contributed by atoms with E-state index in [1.807, 2.05) is 18.2 Å². The number of ether oxygens (including phenoxy) is 1. The van der Waals surface area contributed by atoms with Crippen LogP contribution >= 0.6 is 11.8 Å². The number of rotatable bonds is 2. The summed E-state index contributed by atoms with van der Waals surface area (Å²) in [6, 6.07) is 5.77. The zero-order valence-electron chi connectivity index (χ0n) is 10.2. The fourth-order valence-corrected chi connectivity index (χ4v) is 3.33. The highest BCUT2D eigenvalue weighted by Crippen LogP contribution is 2.34. The number of nitrogens with two attached hydrogens (primary N) is 1. The molecule has 1 saturated heterocycles. The number of nitrogens with zero attached hydrogens (tertiary/aromatic N) is 2. The Balaban J connectivity index is 1.96. The molecule has 1 fully saturated rings. The van der Waals surface area contributed by atoms with Gasteiger partial charge >= 0.3 is 0 Å². The second-order valence-electron chi connectivity index (χ2n) is 4.48. The summed E-state index contributed by atoms with van der Waals surface area (Å²) in [7, 11) is 0. The zero-order chi connectivity index (χ0) is 12.5. The van der Waals surface area contributed by atoms with Gasteiger partial charge in [0.1, 0.15) is 11.4 Å². The van der Waals surface area contributed by atoms with Crippen LogP contribution in [-0.4, -0.2) is 27.9 Å². The maximum absolute atomic E-state index is 5.77. The third-order valence-corrected chi connectivity index (χ3v) is 4.66. The first kappa shape index (κ1) is 11.7. The van der Waals surface area contributed by atoms with Crippen molar-refractivity contribution in [1.82, 2.24) is 9.97 Å². The zero-order valence-corrected chi connectivity index (χ0v) is 11.0. The van der Waals surface area contributed by atoms with E-state index in [-0.39, 0.29) is 6.10 Å². The second-order valence-corrected chi connectivity index (χ2v) is 5.70. The lowest BCUT2D eigenvalue weighted by Crippen LogP contribution is -2.13. The molecular weight excluding hydrogens is 246 g/mol. The van der Waals surface area contributed by atoms with Crippen LogP contribution in [0.15, 0.2) is 29.6 Å². The van der Waals surface area contributed by atoms with Crippen LogP contribution in [0.2, 0.25) is 0 Å². The number of thioether (sulfide) groups is 1. The second kappa shape index (κ2) is 4.74. The fourth-order valence-electron chi connectivity index (χ4n) is 2.15. The number of fused-ring (bicyclic) bond motifs is 1. The van der Waals surface area contributed by atoms with Crippen LogP contribution < -0.4 is 5.73 Å². The smallest absolute Gasteiger partial charge is 0.117 e. The predicted octanol–water partition coefficient (Wildman–Crippen LogP) is 2.48. The van der Waals surface area contributed by atoms with E-state index >= 15 is 0 Å². The molecule has 2 atom stereocenters. The van der Waals surface area contributed by atoms with Crippen molar-refractivity contribution in [2.45, 2.75) is 29.7 Å². The molecule has 2 unspecified atom stereocenters. The Kier molecular flexibility index (Phi) is 3.09. The van der Waals surface area contributed by atoms with Gasteiger partial charge in [-0.05, 0) is 31.5 Å². The monoisotopic (exact) mass is 261 g/mol. The molecule has 1 aromatic carbocycles. The first-order valence-electron chi connectivity index (χ1n) is 6.02. The minimum Gasteiger partial charge on any atom is -0.399 e. The Bertz CT molecular complexity index is 575. The molecule has 4 nitrogen and oxygen atoms in total. The Labute approximate surface area is 110 Å². The van der Waals surface area contributed by atoms with Gasteiger partial charge in [0, 0.05) is 22.9 Å². The van der Waals surface area contributed by atoms with Crippen LogP contribution in [0.25, 0.3) is 10.9 Å². The number of benzene rings is 1. The van der Waals surface area contributed by atoms with Crippen molar-refractivity contribution in [2.24, 2.45) is 0 Å². The predicted molar refractivity (Wildman–Crippen MR) is 73.6 cm³/mol. The Morgan fingerprint density at radius 1 is 1.39 bits per heavy atom. The van der Waals surface area contributed by atoms with E-state index in [4.69, 9.17) is 10.5 Å². The van der Waals surface area contributed by atoms with Crippen molar-refractivity contribution in [2.75, 3.05) is 12.3 Å². The van der Waals surface area contributed by atoms with E-state index in [0.29, 0.717) is 5.25 Å². The third-order valence-electron chi connectivity index (χ3n) is 3.19. The summed E-state index contributed by atoms with van der Waals surface area (Å²) in [5, 5.41) is 2.55. The van der Waals surface area contributed by atoms with Crippen molar-refractivity contribution in [3.63, 3.8) is 0 Å². The van der Waals surface area contributed by atoms with Crippen molar-refractivity contribution in [3.05, 3.63) is 24.5 Å². The van der Waals surface area contributed by atoms with Crippen molar-refractivity contribution < 1.29 is 4.74 Å². The van der Waals surface area contributed by atoms with E-state index in [1.165, 1.54) is 0 Å². The highest BCUT2D eigenvalue weighted by Gasteiger charge is 2.26. The minimum atomic E-state index is 0.286. The lowest BCUT2D eigenvalue weighted by molar-refractivity contribution is 0.127. The van der Waals surface area contributed by atoms with Gasteiger partial charge in [0.25, 0.3) is 0 Å². The largest absolute Gasteiger partial charge is 0.399 e. The molecule has 1 aliphatic heterocycles. The Hall–Kier alpha value is -1.33. The topological polar surface area (TPSA) is 61.0 Å². The molecule has 2 aromatic rings. The Morgan fingerprint density at radius 3 is 3.06 bits per heavy atom. The molecule has 2 heterocycles. The first-order chi connectivity index (χ1) is 8.74. The van der Waals surface area contributed by atoms with E-state index in [1.54, 1.807) is 18.1 Å². The summed E-state index contributed by atoms with van der Waals surface area (Å²) in [5.74, 6) is 0. The molecule has 1 aromatic heterocycles. The van der Waals surface area contributed by atoms with Crippen molar-refractivity contribution in [1.29, 1.82) is 0 Å². The van der Waals surface area contributed by atoms with E-state index in [2.05, 4.69) is 16.9 Å². The summed E-state index contributed by atoms with van der Waals surface area (Å²) >= 11 is 1.78. The van der Waals surface area contributed by atoms with Crippen molar-refractivity contribution in [3.8, 4) is 0 Å². The Morgan fingerprint density at radius 2 is 2.28 bits per heavy atom. The summed E-state index contributed by atoms with van der Waals surface area (Å²) in [5.41, 5.74) is 7.41.